The molecule has 0 atom stereocenters. The fourth-order valence-corrected chi connectivity index (χ4v) is 3.86. The minimum atomic E-state index is -0.394. The number of nitrogens with one attached hydrogen (secondary N) is 1. The fraction of sp³-hybridized carbons (Fsp3) is 0.211. The number of benzene rings is 1. The monoisotopic (exact) mass is 395 g/mol. The molecular weight excluding hydrogens is 378 g/mol. The highest BCUT2D eigenvalue weighted by Gasteiger charge is 2.26. The van der Waals surface area contributed by atoms with Gasteiger partial charge in [0.25, 0.3) is 5.56 Å². The lowest BCUT2D eigenvalue weighted by atomic mass is 10.2. The Bertz CT molecular complexity index is 1140. The largest absolute Gasteiger partial charge is 0.336 e. The molecule has 1 N–H and O–H groups in total. The van der Waals surface area contributed by atoms with Crippen LogP contribution in [0.5, 0.6) is 0 Å². The number of aryl methyl sites for hydroxylation is 1. The summed E-state index contributed by atoms with van der Waals surface area (Å²) in [5.74, 6) is 0.104. The number of rotatable bonds is 4. The van der Waals surface area contributed by atoms with Crippen molar-refractivity contribution >= 4 is 34.6 Å². The molecule has 0 radical (unpaired) electrons. The van der Waals surface area contributed by atoms with Crippen LogP contribution in [0.3, 0.4) is 0 Å². The third kappa shape index (κ3) is 3.36. The van der Waals surface area contributed by atoms with E-state index in [0.29, 0.717) is 35.0 Å². The van der Waals surface area contributed by atoms with Gasteiger partial charge in [-0.3, -0.25) is 14.5 Å². The molecule has 1 aliphatic rings. The average Bonchev–Trinajstić information content (AvgIpc) is 3.12. The fourth-order valence-electron chi connectivity index (χ4n) is 2.98. The summed E-state index contributed by atoms with van der Waals surface area (Å²) in [5, 5.41) is 3.43. The van der Waals surface area contributed by atoms with Crippen molar-refractivity contribution in [3.05, 3.63) is 58.5 Å². The molecule has 0 unspecified atom stereocenters. The molecule has 142 valence electrons. The van der Waals surface area contributed by atoms with Crippen molar-refractivity contribution in [1.29, 1.82) is 0 Å². The van der Waals surface area contributed by atoms with Crippen molar-refractivity contribution in [2.75, 3.05) is 18.8 Å². The van der Waals surface area contributed by atoms with Crippen LogP contribution in [0.25, 0.3) is 16.7 Å². The number of aromatic nitrogens is 3. The molecule has 28 heavy (non-hydrogen) atoms. The molecule has 0 aliphatic carbocycles. The molecule has 9 heteroatoms. The Hall–Kier alpha value is -3.20. The van der Waals surface area contributed by atoms with E-state index in [1.165, 1.54) is 9.47 Å². The smallest absolute Gasteiger partial charge is 0.324 e. The Labute approximate surface area is 164 Å². The first kappa shape index (κ1) is 18.2. The van der Waals surface area contributed by atoms with E-state index in [0.717, 1.165) is 17.5 Å². The number of carbonyl (C=O) groups is 2. The maximum absolute atomic E-state index is 13.1. The van der Waals surface area contributed by atoms with Crippen LogP contribution in [0, 0.1) is 6.92 Å². The predicted octanol–water partition coefficient (Wildman–Crippen LogP) is 1.73. The summed E-state index contributed by atoms with van der Waals surface area (Å²) in [4.78, 5) is 47.4. The third-order valence-electron chi connectivity index (χ3n) is 4.33. The van der Waals surface area contributed by atoms with Gasteiger partial charge in [0.1, 0.15) is 5.82 Å². The Balaban J connectivity index is 1.75. The van der Waals surface area contributed by atoms with Gasteiger partial charge in [-0.25, -0.2) is 19.3 Å². The molecule has 4 rings (SSSR count). The SMILES string of the molecule is Cc1cccc(-n2c(SCC(=O)N3CCNC3=O)nc3ccccc3c2=O)n1. The maximum atomic E-state index is 13.1. The molecule has 0 spiro atoms. The van der Waals surface area contributed by atoms with Gasteiger partial charge in [0.15, 0.2) is 5.16 Å². The second-order valence-electron chi connectivity index (χ2n) is 6.26. The second-order valence-corrected chi connectivity index (χ2v) is 7.20. The molecule has 8 nitrogen and oxygen atoms in total. The molecular formula is C19H17N5O3S. The topological polar surface area (TPSA) is 97.2 Å². The van der Waals surface area contributed by atoms with Gasteiger partial charge in [-0.15, -0.1) is 0 Å². The number of hydrogen-bond acceptors (Lipinski definition) is 6. The number of amides is 3. The molecule has 3 aromatic rings. The van der Waals surface area contributed by atoms with E-state index in [1.54, 1.807) is 30.3 Å². The lowest BCUT2D eigenvalue weighted by Crippen LogP contribution is -2.35. The van der Waals surface area contributed by atoms with Crippen LogP contribution in [-0.2, 0) is 4.79 Å². The summed E-state index contributed by atoms with van der Waals surface area (Å²) < 4.78 is 1.41. The van der Waals surface area contributed by atoms with Crippen molar-refractivity contribution in [2.24, 2.45) is 0 Å². The number of imide groups is 1. The Morgan fingerprint density at radius 1 is 1.14 bits per heavy atom. The number of fused-ring (bicyclic) bond motifs is 1. The molecule has 1 fully saturated rings. The van der Waals surface area contributed by atoms with Gasteiger partial charge in [0.05, 0.1) is 16.7 Å². The van der Waals surface area contributed by atoms with Crippen molar-refractivity contribution in [3.63, 3.8) is 0 Å². The summed E-state index contributed by atoms with van der Waals surface area (Å²) >= 11 is 1.11. The van der Waals surface area contributed by atoms with Gasteiger partial charge >= 0.3 is 6.03 Å². The van der Waals surface area contributed by atoms with Crippen molar-refractivity contribution < 1.29 is 9.59 Å². The highest BCUT2D eigenvalue weighted by molar-refractivity contribution is 7.99. The lowest BCUT2D eigenvalue weighted by molar-refractivity contribution is -0.124. The van der Waals surface area contributed by atoms with Crippen molar-refractivity contribution in [1.82, 2.24) is 24.8 Å². The quantitative estimate of drug-likeness (QED) is 0.534. The van der Waals surface area contributed by atoms with Crippen LogP contribution in [0.1, 0.15) is 5.69 Å². The van der Waals surface area contributed by atoms with Gasteiger partial charge in [0, 0.05) is 18.8 Å². The Morgan fingerprint density at radius 2 is 1.96 bits per heavy atom. The molecule has 1 aromatic carbocycles. The van der Waals surface area contributed by atoms with Crippen LogP contribution >= 0.6 is 11.8 Å². The van der Waals surface area contributed by atoms with E-state index in [4.69, 9.17) is 0 Å². The molecule has 2 aromatic heterocycles. The maximum Gasteiger partial charge on any atom is 0.324 e. The minimum absolute atomic E-state index is 0.00990. The van der Waals surface area contributed by atoms with E-state index in [-0.39, 0.29) is 17.2 Å². The average molecular weight is 395 g/mol. The zero-order valence-electron chi connectivity index (χ0n) is 15.1. The number of urea groups is 1. The number of hydrogen-bond donors (Lipinski definition) is 1. The number of pyridine rings is 1. The zero-order chi connectivity index (χ0) is 19.7. The molecule has 1 aliphatic heterocycles. The summed E-state index contributed by atoms with van der Waals surface area (Å²) in [6.45, 7) is 2.63. The van der Waals surface area contributed by atoms with Gasteiger partial charge in [-0.05, 0) is 31.2 Å². The van der Waals surface area contributed by atoms with Gasteiger partial charge in [0.2, 0.25) is 5.91 Å². The third-order valence-corrected chi connectivity index (χ3v) is 5.25. The Kier molecular flexibility index (Phi) is 4.82. The molecule has 0 saturated carbocycles. The van der Waals surface area contributed by atoms with E-state index >= 15 is 0 Å². The van der Waals surface area contributed by atoms with Crippen LogP contribution < -0.4 is 10.9 Å². The van der Waals surface area contributed by atoms with Crippen molar-refractivity contribution in [3.8, 4) is 5.82 Å². The summed E-state index contributed by atoms with van der Waals surface area (Å²) in [6.07, 6.45) is 0. The number of para-hydroxylation sites is 1. The predicted molar refractivity (Wildman–Crippen MR) is 106 cm³/mol. The standard InChI is InChI=1S/C19H17N5O3S/c1-12-5-4-8-15(21-12)24-17(26)13-6-2-3-7-14(13)22-19(24)28-11-16(25)23-10-9-20-18(23)27/h2-8H,9-11H2,1H3,(H,20,27). The number of thioether (sulfide) groups is 1. The molecule has 1 saturated heterocycles. The van der Waals surface area contributed by atoms with E-state index < -0.39 is 6.03 Å². The molecule has 3 heterocycles. The summed E-state index contributed by atoms with van der Waals surface area (Å²) in [6, 6.07) is 12.0. The highest BCUT2D eigenvalue weighted by atomic mass is 32.2. The summed E-state index contributed by atoms with van der Waals surface area (Å²) in [5.41, 5.74) is 1.06. The number of carbonyl (C=O) groups excluding carboxylic acids is 2. The molecule has 3 amide bonds. The highest BCUT2D eigenvalue weighted by Crippen LogP contribution is 2.21. The van der Waals surface area contributed by atoms with Crippen LogP contribution in [0.4, 0.5) is 4.79 Å². The number of nitrogens with zero attached hydrogens (tertiary/aromatic N) is 4. The zero-order valence-corrected chi connectivity index (χ0v) is 15.9. The Morgan fingerprint density at radius 3 is 2.71 bits per heavy atom. The van der Waals surface area contributed by atoms with E-state index in [2.05, 4.69) is 15.3 Å². The van der Waals surface area contributed by atoms with E-state index in [9.17, 15) is 14.4 Å². The van der Waals surface area contributed by atoms with E-state index in [1.807, 2.05) is 19.1 Å². The first-order valence-electron chi connectivity index (χ1n) is 8.71. The second kappa shape index (κ2) is 7.43. The van der Waals surface area contributed by atoms with Crippen molar-refractivity contribution in [2.45, 2.75) is 12.1 Å². The molecule has 0 bridgehead atoms. The van der Waals surface area contributed by atoms with Gasteiger partial charge in [-0.2, -0.15) is 0 Å². The van der Waals surface area contributed by atoms with Crippen LogP contribution in [0.15, 0.2) is 52.4 Å². The normalized spacial score (nSPS) is 13.8. The van der Waals surface area contributed by atoms with Gasteiger partial charge in [-0.1, -0.05) is 30.0 Å². The van der Waals surface area contributed by atoms with Crippen LogP contribution in [0.2, 0.25) is 0 Å². The minimum Gasteiger partial charge on any atom is -0.336 e. The van der Waals surface area contributed by atoms with Gasteiger partial charge < -0.3 is 5.32 Å². The first-order chi connectivity index (χ1) is 13.5. The first-order valence-corrected chi connectivity index (χ1v) is 9.70. The van der Waals surface area contributed by atoms with Crippen LogP contribution in [-0.4, -0.2) is 50.2 Å². The summed E-state index contributed by atoms with van der Waals surface area (Å²) in [7, 11) is 0. The lowest BCUT2D eigenvalue weighted by Gasteiger charge is -2.14.